The summed E-state index contributed by atoms with van der Waals surface area (Å²) in [6.07, 6.45) is 2.64. The molecule has 0 saturated heterocycles. The Bertz CT molecular complexity index is 970. The fourth-order valence-corrected chi connectivity index (χ4v) is 3.87. The van der Waals surface area contributed by atoms with E-state index >= 15 is 0 Å². The van der Waals surface area contributed by atoms with Crippen molar-refractivity contribution in [3.8, 4) is 11.5 Å². The van der Waals surface area contributed by atoms with Gasteiger partial charge in [0.15, 0.2) is 11.5 Å². The van der Waals surface area contributed by atoms with Crippen LogP contribution in [0.1, 0.15) is 29.6 Å². The zero-order valence-corrected chi connectivity index (χ0v) is 15.4. The molecule has 0 aromatic heterocycles. The predicted octanol–water partition coefficient (Wildman–Crippen LogP) is 2.54. The number of hydrogen-bond acceptors (Lipinski definition) is 5. The molecule has 1 amide bonds. The highest BCUT2D eigenvalue weighted by Crippen LogP contribution is 2.32. The number of hydrogen-bond donors (Lipinski definition) is 2. The molecule has 0 unspecified atom stereocenters. The van der Waals surface area contributed by atoms with E-state index in [1.807, 2.05) is 0 Å². The normalized spacial score (nSPS) is 16.3. The van der Waals surface area contributed by atoms with Crippen molar-refractivity contribution in [2.24, 2.45) is 0 Å². The van der Waals surface area contributed by atoms with E-state index in [2.05, 4.69) is 10.0 Å². The number of para-hydroxylation sites is 1. The molecule has 1 aliphatic heterocycles. The Morgan fingerprint density at radius 2 is 1.74 bits per heavy atom. The number of amides is 1. The molecule has 2 aliphatic rings. The van der Waals surface area contributed by atoms with Crippen LogP contribution in [0.3, 0.4) is 0 Å². The van der Waals surface area contributed by atoms with Gasteiger partial charge in [-0.2, -0.15) is 0 Å². The van der Waals surface area contributed by atoms with E-state index in [1.54, 1.807) is 30.3 Å². The summed E-state index contributed by atoms with van der Waals surface area (Å²) in [4.78, 5) is 12.4. The lowest BCUT2D eigenvalue weighted by Gasteiger charge is -2.14. The molecule has 8 heteroatoms. The average Bonchev–Trinajstić information content (AvgIpc) is 3.47. The van der Waals surface area contributed by atoms with E-state index in [0.29, 0.717) is 30.3 Å². The molecule has 2 aromatic carbocycles. The van der Waals surface area contributed by atoms with Crippen LogP contribution >= 0.6 is 0 Å². The molecule has 0 bridgehead atoms. The molecule has 1 fully saturated rings. The van der Waals surface area contributed by atoms with Crippen LogP contribution in [0.25, 0.3) is 0 Å². The molecule has 142 valence electrons. The molecule has 2 N–H and O–H groups in total. The fourth-order valence-electron chi connectivity index (χ4n) is 2.78. The smallest absolute Gasteiger partial charge is 0.262 e. The van der Waals surface area contributed by atoms with E-state index in [0.717, 1.165) is 19.3 Å². The lowest BCUT2D eigenvalue weighted by molar-refractivity contribution is 0.0952. The van der Waals surface area contributed by atoms with Crippen LogP contribution < -0.4 is 19.5 Å². The number of carbonyl (C=O) groups is 1. The number of sulfonamides is 1. The van der Waals surface area contributed by atoms with Gasteiger partial charge in [0.05, 0.1) is 29.4 Å². The summed E-state index contributed by atoms with van der Waals surface area (Å²) >= 11 is 0. The summed E-state index contributed by atoms with van der Waals surface area (Å²) in [6, 6.07) is 11.2. The van der Waals surface area contributed by atoms with Crippen LogP contribution in [0.4, 0.5) is 5.69 Å². The first-order valence-electron chi connectivity index (χ1n) is 8.85. The molecule has 1 heterocycles. The van der Waals surface area contributed by atoms with Crippen molar-refractivity contribution < 1.29 is 22.7 Å². The van der Waals surface area contributed by atoms with Gasteiger partial charge in [-0.1, -0.05) is 12.1 Å². The van der Waals surface area contributed by atoms with E-state index in [1.165, 1.54) is 12.1 Å². The molecule has 7 nitrogen and oxygen atoms in total. The minimum absolute atomic E-state index is 0.0455. The average molecular weight is 388 g/mol. The van der Waals surface area contributed by atoms with Crippen molar-refractivity contribution in [3.05, 3.63) is 48.0 Å². The first-order valence-corrected chi connectivity index (χ1v) is 10.3. The van der Waals surface area contributed by atoms with Gasteiger partial charge in [0.1, 0.15) is 0 Å². The minimum atomic E-state index is -3.89. The lowest BCUT2D eigenvalue weighted by Crippen LogP contribution is -2.27. The summed E-state index contributed by atoms with van der Waals surface area (Å²) < 4.78 is 39.3. The highest BCUT2D eigenvalue weighted by Gasteiger charge is 2.26. The molecule has 1 saturated carbocycles. The number of anilines is 1. The summed E-state index contributed by atoms with van der Waals surface area (Å²) in [5.74, 6) is 0.639. The molecule has 27 heavy (non-hydrogen) atoms. The van der Waals surface area contributed by atoms with Gasteiger partial charge in [0.2, 0.25) is 0 Å². The van der Waals surface area contributed by atoms with Crippen LogP contribution in [0.5, 0.6) is 11.5 Å². The highest BCUT2D eigenvalue weighted by molar-refractivity contribution is 7.92. The molecule has 0 atom stereocenters. The molecular weight excluding hydrogens is 368 g/mol. The second-order valence-electron chi connectivity index (χ2n) is 6.56. The molecule has 1 aliphatic carbocycles. The first kappa shape index (κ1) is 17.7. The third-order valence-electron chi connectivity index (χ3n) is 4.36. The van der Waals surface area contributed by atoms with E-state index in [-0.39, 0.29) is 22.5 Å². The van der Waals surface area contributed by atoms with Gasteiger partial charge in [-0.25, -0.2) is 8.42 Å². The third kappa shape index (κ3) is 4.00. The lowest BCUT2D eigenvalue weighted by atomic mass is 10.1. The van der Waals surface area contributed by atoms with Crippen molar-refractivity contribution in [2.75, 3.05) is 17.9 Å². The number of benzene rings is 2. The summed E-state index contributed by atoms with van der Waals surface area (Å²) in [5.41, 5.74) is 0.532. The van der Waals surface area contributed by atoms with Crippen LogP contribution in [0, 0.1) is 0 Å². The third-order valence-corrected chi connectivity index (χ3v) is 5.72. The maximum Gasteiger partial charge on any atom is 0.262 e. The molecule has 0 spiro atoms. The van der Waals surface area contributed by atoms with Crippen LogP contribution in [-0.2, 0) is 10.0 Å². The molecular formula is C19H20N2O5S. The number of nitrogens with one attached hydrogen (secondary N) is 2. The van der Waals surface area contributed by atoms with E-state index < -0.39 is 10.0 Å². The molecule has 0 radical (unpaired) electrons. The van der Waals surface area contributed by atoms with Gasteiger partial charge in [0.25, 0.3) is 15.9 Å². The number of ether oxygens (including phenoxy) is 2. The Labute approximate surface area is 157 Å². The van der Waals surface area contributed by atoms with Crippen molar-refractivity contribution >= 4 is 21.6 Å². The Hall–Kier alpha value is -2.74. The van der Waals surface area contributed by atoms with Gasteiger partial charge >= 0.3 is 0 Å². The minimum Gasteiger partial charge on any atom is -0.490 e. The first-order chi connectivity index (χ1) is 13.0. The Morgan fingerprint density at radius 3 is 2.52 bits per heavy atom. The van der Waals surface area contributed by atoms with Crippen molar-refractivity contribution in [3.63, 3.8) is 0 Å². The largest absolute Gasteiger partial charge is 0.490 e. The van der Waals surface area contributed by atoms with E-state index in [4.69, 9.17) is 9.47 Å². The highest BCUT2D eigenvalue weighted by atomic mass is 32.2. The molecule has 4 rings (SSSR count). The summed E-state index contributed by atoms with van der Waals surface area (Å²) in [6.45, 7) is 0.995. The number of rotatable bonds is 5. The maximum atomic E-state index is 12.8. The van der Waals surface area contributed by atoms with Crippen LogP contribution in [-0.4, -0.2) is 33.6 Å². The SMILES string of the molecule is O=C(NC1CC1)c1ccccc1NS(=O)(=O)c1ccc2c(c1)OCCCO2. The quantitative estimate of drug-likeness (QED) is 0.821. The topological polar surface area (TPSA) is 93.7 Å². The predicted molar refractivity (Wildman–Crippen MR) is 99.8 cm³/mol. The van der Waals surface area contributed by atoms with Crippen molar-refractivity contribution in [1.82, 2.24) is 5.32 Å². The summed E-state index contributed by atoms with van der Waals surface area (Å²) in [5, 5.41) is 2.87. The Kier molecular flexibility index (Phi) is 4.65. The fraction of sp³-hybridized carbons (Fsp3) is 0.316. The second-order valence-corrected chi connectivity index (χ2v) is 8.24. The second kappa shape index (κ2) is 7.11. The molecule has 2 aromatic rings. The van der Waals surface area contributed by atoms with E-state index in [9.17, 15) is 13.2 Å². The monoisotopic (exact) mass is 388 g/mol. The Balaban J connectivity index is 1.60. The zero-order chi connectivity index (χ0) is 18.9. The van der Waals surface area contributed by atoms with Gasteiger partial charge in [-0.3, -0.25) is 9.52 Å². The maximum absolute atomic E-state index is 12.8. The van der Waals surface area contributed by atoms with Gasteiger partial charge in [0, 0.05) is 18.5 Å². The number of fused-ring (bicyclic) bond motifs is 1. The Morgan fingerprint density at radius 1 is 1.00 bits per heavy atom. The van der Waals surface area contributed by atoms with Crippen molar-refractivity contribution in [2.45, 2.75) is 30.2 Å². The van der Waals surface area contributed by atoms with Crippen molar-refractivity contribution in [1.29, 1.82) is 0 Å². The van der Waals surface area contributed by atoms with Crippen LogP contribution in [0.15, 0.2) is 47.4 Å². The van der Waals surface area contributed by atoms with Crippen LogP contribution in [0.2, 0.25) is 0 Å². The number of carbonyl (C=O) groups excluding carboxylic acids is 1. The standard InChI is InChI=1S/C19H20N2O5S/c22-19(20-13-6-7-13)15-4-1-2-5-16(15)21-27(23,24)14-8-9-17-18(12-14)26-11-3-10-25-17/h1-2,4-5,8-9,12-13,21H,3,6-7,10-11H2,(H,20,22). The van der Waals surface area contributed by atoms with Gasteiger partial charge in [-0.05, 0) is 37.1 Å². The zero-order valence-electron chi connectivity index (χ0n) is 14.6. The van der Waals surface area contributed by atoms with Gasteiger partial charge in [-0.15, -0.1) is 0 Å². The summed E-state index contributed by atoms with van der Waals surface area (Å²) in [7, 11) is -3.89. The van der Waals surface area contributed by atoms with Gasteiger partial charge < -0.3 is 14.8 Å².